The van der Waals surface area contributed by atoms with Crippen LogP contribution in [0.2, 0.25) is 5.02 Å². The Bertz CT molecular complexity index is 304. The highest BCUT2D eigenvalue weighted by Gasteiger charge is 2.07. The van der Waals surface area contributed by atoms with Crippen molar-refractivity contribution in [2.24, 2.45) is 5.73 Å². The summed E-state index contributed by atoms with van der Waals surface area (Å²) in [6, 6.07) is 0. The molecule has 0 unspecified atom stereocenters. The Labute approximate surface area is 66.2 Å². The second-order valence-electron chi connectivity index (χ2n) is 1.70. The van der Waals surface area contributed by atoms with Gasteiger partial charge in [0.1, 0.15) is 5.02 Å². The van der Waals surface area contributed by atoms with Gasteiger partial charge < -0.3 is 5.73 Å². The van der Waals surface area contributed by atoms with Crippen LogP contribution < -0.4 is 5.73 Å². The number of hydrogen-bond acceptors (Lipinski definition) is 3. The second kappa shape index (κ2) is 2.79. The number of carbonyl (C=O) groups is 1. The average molecular weight is 176 g/mol. The molecular formula is C5H3ClFN3O. The molecule has 0 aliphatic heterocycles. The third kappa shape index (κ3) is 1.62. The van der Waals surface area contributed by atoms with Gasteiger partial charge in [-0.3, -0.25) is 4.79 Å². The summed E-state index contributed by atoms with van der Waals surface area (Å²) in [6.45, 7) is 0. The molecule has 1 rings (SSSR count). The van der Waals surface area contributed by atoms with E-state index >= 15 is 0 Å². The maximum absolute atomic E-state index is 12.4. The zero-order chi connectivity index (χ0) is 8.43. The first kappa shape index (κ1) is 7.87. The van der Waals surface area contributed by atoms with E-state index in [1.807, 2.05) is 0 Å². The minimum absolute atomic E-state index is 0.241. The number of amides is 1. The number of hydrogen-bond donors (Lipinski definition) is 1. The predicted octanol–water partition coefficient (Wildman–Crippen LogP) is 0.368. The number of aromatic nitrogens is 2. The number of nitrogens with zero attached hydrogens (tertiary/aromatic N) is 2. The molecule has 0 aliphatic carbocycles. The van der Waals surface area contributed by atoms with Gasteiger partial charge >= 0.3 is 0 Å². The Morgan fingerprint density at radius 1 is 1.73 bits per heavy atom. The van der Waals surface area contributed by atoms with Gasteiger partial charge in [-0.1, -0.05) is 11.6 Å². The van der Waals surface area contributed by atoms with E-state index in [2.05, 4.69) is 9.97 Å². The van der Waals surface area contributed by atoms with E-state index in [0.29, 0.717) is 0 Å². The zero-order valence-electron chi connectivity index (χ0n) is 5.21. The Morgan fingerprint density at radius 2 is 2.36 bits per heavy atom. The molecule has 1 amide bonds. The highest BCUT2D eigenvalue weighted by molar-refractivity contribution is 6.30. The van der Waals surface area contributed by atoms with Crippen LogP contribution >= 0.6 is 11.6 Å². The van der Waals surface area contributed by atoms with E-state index in [4.69, 9.17) is 17.3 Å². The molecule has 58 valence electrons. The van der Waals surface area contributed by atoms with Gasteiger partial charge in [-0.05, 0) is 0 Å². The summed E-state index contributed by atoms with van der Waals surface area (Å²) in [5.74, 6) is -2.22. The molecule has 0 radical (unpaired) electrons. The Balaban J connectivity index is 3.15. The molecule has 0 aromatic carbocycles. The maximum Gasteiger partial charge on any atom is 0.286 e. The van der Waals surface area contributed by atoms with Gasteiger partial charge in [0.25, 0.3) is 5.91 Å². The van der Waals surface area contributed by atoms with E-state index in [0.717, 1.165) is 6.20 Å². The minimum atomic E-state index is -0.949. The summed E-state index contributed by atoms with van der Waals surface area (Å²) in [5.41, 5.74) is 4.76. The van der Waals surface area contributed by atoms with E-state index in [1.54, 1.807) is 0 Å². The standard InChI is InChI=1S/C5H3ClFN3O/c6-2-1-9-5(4(8)11)10-3(2)7/h1H,(H2,8,11). The summed E-state index contributed by atoms with van der Waals surface area (Å²) < 4.78 is 12.4. The fraction of sp³-hybridized carbons (Fsp3) is 0. The Morgan fingerprint density at radius 3 is 2.82 bits per heavy atom. The molecule has 6 heteroatoms. The van der Waals surface area contributed by atoms with Crippen LogP contribution in [0.15, 0.2) is 6.20 Å². The fourth-order valence-corrected chi connectivity index (χ4v) is 0.556. The van der Waals surface area contributed by atoms with Crippen molar-refractivity contribution < 1.29 is 9.18 Å². The first-order valence-electron chi connectivity index (χ1n) is 2.59. The molecule has 1 aromatic heterocycles. The molecule has 0 spiro atoms. The van der Waals surface area contributed by atoms with Gasteiger partial charge in [0, 0.05) is 0 Å². The van der Waals surface area contributed by atoms with Crippen molar-refractivity contribution in [1.29, 1.82) is 0 Å². The van der Waals surface area contributed by atoms with E-state index < -0.39 is 11.9 Å². The third-order valence-corrected chi connectivity index (χ3v) is 1.18. The molecule has 0 bridgehead atoms. The largest absolute Gasteiger partial charge is 0.363 e. The molecule has 0 fully saturated rings. The lowest BCUT2D eigenvalue weighted by molar-refractivity contribution is 0.0989. The lowest BCUT2D eigenvalue weighted by Gasteiger charge is -1.93. The van der Waals surface area contributed by atoms with Crippen molar-refractivity contribution in [3.8, 4) is 0 Å². The first-order valence-corrected chi connectivity index (χ1v) is 2.97. The quantitative estimate of drug-likeness (QED) is 0.627. The molecule has 2 N–H and O–H groups in total. The number of halogens is 2. The molecule has 0 saturated heterocycles. The topological polar surface area (TPSA) is 68.9 Å². The highest BCUT2D eigenvalue weighted by Crippen LogP contribution is 2.08. The smallest absolute Gasteiger partial charge is 0.286 e. The van der Waals surface area contributed by atoms with Crippen molar-refractivity contribution in [1.82, 2.24) is 9.97 Å². The van der Waals surface area contributed by atoms with Gasteiger partial charge in [0.2, 0.25) is 11.8 Å². The maximum atomic E-state index is 12.4. The third-order valence-electron chi connectivity index (χ3n) is 0.922. The lowest BCUT2D eigenvalue weighted by Crippen LogP contribution is -2.15. The van der Waals surface area contributed by atoms with Gasteiger partial charge in [-0.15, -0.1) is 0 Å². The molecule has 0 atom stereocenters. The average Bonchev–Trinajstić information content (AvgIpc) is 1.94. The summed E-state index contributed by atoms with van der Waals surface area (Å²) in [7, 11) is 0. The van der Waals surface area contributed by atoms with Crippen molar-refractivity contribution >= 4 is 17.5 Å². The van der Waals surface area contributed by atoms with Gasteiger partial charge in [0.05, 0.1) is 6.20 Å². The second-order valence-corrected chi connectivity index (χ2v) is 2.10. The van der Waals surface area contributed by atoms with Crippen molar-refractivity contribution in [3.05, 3.63) is 23.0 Å². The minimum Gasteiger partial charge on any atom is -0.363 e. The Hall–Kier alpha value is -1.23. The summed E-state index contributed by atoms with van der Waals surface area (Å²) in [6.07, 6.45) is 0.976. The number of primary amides is 1. The molecule has 4 nitrogen and oxygen atoms in total. The van der Waals surface area contributed by atoms with E-state index in [1.165, 1.54) is 0 Å². The number of rotatable bonds is 1. The van der Waals surface area contributed by atoms with Crippen molar-refractivity contribution in [3.63, 3.8) is 0 Å². The summed E-state index contributed by atoms with van der Waals surface area (Å²) in [4.78, 5) is 16.8. The normalized spacial score (nSPS) is 9.64. The highest BCUT2D eigenvalue weighted by atomic mass is 35.5. The molecule has 0 saturated carbocycles. The van der Waals surface area contributed by atoms with Crippen molar-refractivity contribution in [2.45, 2.75) is 0 Å². The number of carbonyl (C=O) groups excluding carboxylic acids is 1. The Kier molecular flexibility index (Phi) is 2.00. The van der Waals surface area contributed by atoms with Crippen LogP contribution in [0.5, 0.6) is 0 Å². The van der Waals surface area contributed by atoms with Crippen LogP contribution in [-0.2, 0) is 0 Å². The summed E-state index contributed by atoms with van der Waals surface area (Å²) >= 11 is 5.23. The number of nitrogens with two attached hydrogens (primary N) is 1. The molecule has 11 heavy (non-hydrogen) atoms. The van der Waals surface area contributed by atoms with Crippen LogP contribution in [-0.4, -0.2) is 15.9 Å². The zero-order valence-corrected chi connectivity index (χ0v) is 5.97. The molecular weight excluding hydrogens is 173 g/mol. The molecule has 1 aromatic rings. The van der Waals surface area contributed by atoms with Crippen LogP contribution in [0.25, 0.3) is 0 Å². The SMILES string of the molecule is NC(=O)c1ncc(Cl)c(F)n1. The fourth-order valence-electron chi connectivity index (χ4n) is 0.465. The first-order chi connectivity index (χ1) is 5.11. The van der Waals surface area contributed by atoms with Crippen LogP contribution in [0, 0.1) is 5.95 Å². The summed E-state index contributed by atoms with van der Waals surface area (Å²) in [5, 5.41) is -0.241. The van der Waals surface area contributed by atoms with Crippen LogP contribution in [0.3, 0.4) is 0 Å². The van der Waals surface area contributed by atoms with E-state index in [9.17, 15) is 9.18 Å². The lowest BCUT2D eigenvalue weighted by atomic mass is 10.5. The van der Waals surface area contributed by atoms with Crippen LogP contribution in [0.1, 0.15) is 10.6 Å². The van der Waals surface area contributed by atoms with E-state index in [-0.39, 0.29) is 10.8 Å². The molecule has 0 aliphatic rings. The molecule has 1 heterocycles. The van der Waals surface area contributed by atoms with Gasteiger partial charge in [-0.25, -0.2) is 4.98 Å². The van der Waals surface area contributed by atoms with Crippen molar-refractivity contribution in [2.75, 3.05) is 0 Å². The predicted molar refractivity (Wildman–Crippen MR) is 35.5 cm³/mol. The monoisotopic (exact) mass is 175 g/mol. The van der Waals surface area contributed by atoms with Crippen LogP contribution in [0.4, 0.5) is 4.39 Å². The van der Waals surface area contributed by atoms with Gasteiger partial charge in [0.15, 0.2) is 0 Å². The van der Waals surface area contributed by atoms with Gasteiger partial charge in [-0.2, -0.15) is 9.37 Å².